The number of phenolic OH excluding ortho intramolecular Hbond substituents is 1. The van der Waals surface area contributed by atoms with E-state index < -0.39 is 0 Å². The van der Waals surface area contributed by atoms with Crippen LogP contribution in [0.2, 0.25) is 0 Å². The fourth-order valence-corrected chi connectivity index (χ4v) is 2.25. The van der Waals surface area contributed by atoms with Gasteiger partial charge in [-0.2, -0.15) is 0 Å². The second-order valence-electron chi connectivity index (χ2n) is 4.93. The Hall–Kier alpha value is -1.22. The minimum atomic E-state index is 0.171. The van der Waals surface area contributed by atoms with Gasteiger partial charge in [0.25, 0.3) is 0 Å². The fraction of sp³-hybridized carbons (Fsp3) is 0.600. The molecule has 3 N–H and O–H groups in total. The Balaban J connectivity index is 2.61. The van der Waals surface area contributed by atoms with Gasteiger partial charge in [0.05, 0.1) is 5.69 Å². The molecular weight excluding hydrogens is 224 g/mol. The molecular formula is C15H26N2O. The highest BCUT2D eigenvalue weighted by molar-refractivity contribution is 5.53. The van der Waals surface area contributed by atoms with Crippen molar-refractivity contribution < 1.29 is 5.11 Å². The summed E-state index contributed by atoms with van der Waals surface area (Å²) in [6, 6.07) is 6.01. The van der Waals surface area contributed by atoms with E-state index >= 15 is 0 Å². The summed E-state index contributed by atoms with van der Waals surface area (Å²) in [4.78, 5) is 2.49. The van der Waals surface area contributed by atoms with Crippen LogP contribution in [0.15, 0.2) is 18.2 Å². The van der Waals surface area contributed by atoms with Gasteiger partial charge in [-0.05, 0) is 50.6 Å². The van der Waals surface area contributed by atoms with Gasteiger partial charge in [-0.3, -0.25) is 0 Å². The van der Waals surface area contributed by atoms with Crippen LogP contribution in [0.1, 0.15) is 39.2 Å². The smallest absolute Gasteiger partial charge is 0.138 e. The van der Waals surface area contributed by atoms with Gasteiger partial charge in [0.2, 0.25) is 0 Å². The van der Waals surface area contributed by atoms with E-state index in [0.717, 1.165) is 19.5 Å². The van der Waals surface area contributed by atoms with E-state index in [9.17, 15) is 5.11 Å². The number of nitrogens with two attached hydrogens (primary N) is 1. The van der Waals surface area contributed by atoms with E-state index in [2.05, 4.69) is 25.7 Å². The van der Waals surface area contributed by atoms with Crippen LogP contribution in [0.5, 0.6) is 5.75 Å². The standard InChI is InChI=1S/C15H26N2O/c1-4-6-9-17(5-2)12(3)10-13-7-8-15(18)14(16)11-13/h7-8,11-12,18H,4-6,9-10,16H2,1-3H3. The number of unbranched alkanes of at least 4 members (excludes halogenated alkanes) is 1. The number of nitrogens with zero attached hydrogens (tertiary/aromatic N) is 1. The maximum atomic E-state index is 9.41. The summed E-state index contributed by atoms with van der Waals surface area (Å²) in [5, 5.41) is 9.41. The molecule has 1 unspecified atom stereocenters. The number of nitrogen functional groups attached to an aromatic ring is 1. The third-order valence-corrected chi connectivity index (χ3v) is 3.45. The highest BCUT2D eigenvalue weighted by Gasteiger charge is 2.12. The Kier molecular flexibility index (Phi) is 5.99. The van der Waals surface area contributed by atoms with Gasteiger partial charge in [0.15, 0.2) is 0 Å². The van der Waals surface area contributed by atoms with Gasteiger partial charge in [0.1, 0.15) is 5.75 Å². The second kappa shape index (κ2) is 7.27. The molecule has 0 saturated heterocycles. The van der Waals surface area contributed by atoms with Crippen molar-refractivity contribution in [3.05, 3.63) is 23.8 Å². The largest absolute Gasteiger partial charge is 0.506 e. The van der Waals surface area contributed by atoms with Crippen LogP contribution in [0, 0.1) is 0 Å². The maximum absolute atomic E-state index is 9.41. The van der Waals surface area contributed by atoms with E-state index in [1.807, 2.05) is 12.1 Å². The lowest BCUT2D eigenvalue weighted by Gasteiger charge is -2.28. The molecule has 0 aromatic heterocycles. The molecule has 102 valence electrons. The molecule has 3 heteroatoms. The molecule has 0 spiro atoms. The summed E-state index contributed by atoms with van der Waals surface area (Å²) in [7, 11) is 0. The van der Waals surface area contributed by atoms with Crippen molar-refractivity contribution in [3.8, 4) is 5.75 Å². The average Bonchev–Trinajstić information content (AvgIpc) is 2.35. The topological polar surface area (TPSA) is 49.5 Å². The molecule has 0 bridgehead atoms. The lowest BCUT2D eigenvalue weighted by molar-refractivity contribution is 0.215. The van der Waals surface area contributed by atoms with Gasteiger partial charge in [-0.15, -0.1) is 0 Å². The minimum absolute atomic E-state index is 0.171. The van der Waals surface area contributed by atoms with E-state index in [-0.39, 0.29) is 5.75 Å². The third-order valence-electron chi connectivity index (χ3n) is 3.45. The Bertz CT molecular complexity index is 366. The van der Waals surface area contributed by atoms with Crippen LogP contribution < -0.4 is 5.73 Å². The first-order chi connectivity index (χ1) is 8.58. The molecule has 0 fully saturated rings. The first-order valence-corrected chi connectivity index (χ1v) is 6.89. The average molecular weight is 250 g/mol. The Morgan fingerprint density at radius 3 is 2.61 bits per heavy atom. The normalized spacial score (nSPS) is 12.9. The maximum Gasteiger partial charge on any atom is 0.138 e. The molecule has 0 aliphatic heterocycles. The molecule has 1 aromatic rings. The molecule has 0 amide bonds. The van der Waals surface area contributed by atoms with Crippen LogP contribution in [0.4, 0.5) is 5.69 Å². The summed E-state index contributed by atoms with van der Waals surface area (Å²) in [5.74, 6) is 0.171. The van der Waals surface area contributed by atoms with E-state index in [4.69, 9.17) is 5.73 Å². The molecule has 18 heavy (non-hydrogen) atoms. The van der Waals surface area contributed by atoms with Crippen molar-refractivity contribution >= 4 is 5.69 Å². The minimum Gasteiger partial charge on any atom is -0.506 e. The lowest BCUT2D eigenvalue weighted by atomic mass is 10.0. The molecule has 1 aromatic carbocycles. The molecule has 3 nitrogen and oxygen atoms in total. The molecule has 0 aliphatic rings. The van der Waals surface area contributed by atoms with Crippen LogP contribution >= 0.6 is 0 Å². The SMILES string of the molecule is CCCCN(CC)C(C)Cc1ccc(O)c(N)c1. The Labute approximate surface area is 111 Å². The highest BCUT2D eigenvalue weighted by atomic mass is 16.3. The van der Waals surface area contributed by atoms with Crippen molar-refractivity contribution in [3.63, 3.8) is 0 Å². The Morgan fingerprint density at radius 2 is 2.06 bits per heavy atom. The number of benzene rings is 1. The molecule has 0 saturated carbocycles. The zero-order valence-electron chi connectivity index (χ0n) is 11.8. The highest BCUT2D eigenvalue weighted by Crippen LogP contribution is 2.21. The summed E-state index contributed by atoms with van der Waals surface area (Å²) < 4.78 is 0. The molecule has 0 aliphatic carbocycles. The number of hydrogen-bond donors (Lipinski definition) is 2. The number of anilines is 1. The van der Waals surface area contributed by atoms with Crippen molar-refractivity contribution in [1.82, 2.24) is 4.90 Å². The zero-order valence-corrected chi connectivity index (χ0v) is 11.8. The predicted octanol–water partition coefficient (Wildman–Crippen LogP) is 3.03. The van der Waals surface area contributed by atoms with Crippen LogP contribution in [0.25, 0.3) is 0 Å². The quantitative estimate of drug-likeness (QED) is 0.577. The number of likely N-dealkylation sites (N-methyl/N-ethyl adjacent to an activating group) is 1. The molecule has 1 atom stereocenters. The summed E-state index contributed by atoms with van der Waals surface area (Å²) in [6.07, 6.45) is 3.45. The van der Waals surface area contributed by atoms with Crippen LogP contribution in [-0.4, -0.2) is 29.1 Å². The first kappa shape index (κ1) is 14.8. The van der Waals surface area contributed by atoms with E-state index in [1.54, 1.807) is 6.07 Å². The van der Waals surface area contributed by atoms with Gasteiger partial charge in [-0.1, -0.05) is 26.3 Å². The Morgan fingerprint density at radius 1 is 1.33 bits per heavy atom. The van der Waals surface area contributed by atoms with Gasteiger partial charge in [0, 0.05) is 6.04 Å². The molecule has 0 heterocycles. The zero-order chi connectivity index (χ0) is 13.5. The number of aromatic hydroxyl groups is 1. The number of phenols is 1. The summed E-state index contributed by atoms with van der Waals surface area (Å²) in [6.45, 7) is 8.91. The molecule has 0 radical (unpaired) electrons. The van der Waals surface area contributed by atoms with Gasteiger partial charge >= 0.3 is 0 Å². The van der Waals surface area contributed by atoms with Crippen LogP contribution in [0.3, 0.4) is 0 Å². The second-order valence-corrected chi connectivity index (χ2v) is 4.93. The monoisotopic (exact) mass is 250 g/mol. The fourth-order valence-electron chi connectivity index (χ4n) is 2.25. The number of rotatable bonds is 7. The van der Waals surface area contributed by atoms with E-state index in [0.29, 0.717) is 11.7 Å². The first-order valence-electron chi connectivity index (χ1n) is 6.89. The van der Waals surface area contributed by atoms with Crippen molar-refractivity contribution in [2.24, 2.45) is 0 Å². The van der Waals surface area contributed by atoms with Crippen molar-refractivity contribution in [1.29, 1.82) is 0 Å². The van der Waals surface area contributed by atoms with Crippen LogP contribution in [-0.2, 0) is 6.42 Å². The predicted molar refractivity (Wildman–Crippen MR) is 77.8 cm³/mol. The summed E-state index contributed by atoms with van der Waals surface area (Å²) in [5.41, 5.74) is 7.38. The van der Waals surface area contributed by atoms with Gasteiger partial charge < -0.3 is 15.7 Å². The summed E-state index contributed by atoms with van der Waals surface area (Å²) >= 11 is 0. The van der Waals surface area contributed by atoms with Gasteiger partial charge in [-0.25, -0.2) is 0 Å². The number of hydrogen-bond acceptors (Lipinski definition) is 3. The third kappa shape index (κ3) is 4.22. The van der Waals surface area contributed by atoms with Crippen molar-refractivity contribution in [2.45, 2.75) is 46.1 Å². The molecule has 1 rings (SSSR count). The van der Waals surface area contributed by atoms with E-state index in [1.165, 1.54) is 18.4 Å². The lowest BCUT2D eigenvalue weighted by Crippen LogP contribution is -2.35. The van der Waals surface area contributed by atoms with Crippen molar-refractivity contribution in [2.75, 3.05) is 18.8 Å².